The molecule has 0 saturated heterocycles. The minimum absolute atomic E-state index is 0.0562. The van der Waals surface area contributed by atoms with Crippen LogP contribution in [0.25, 0.3) is 0 Å². The van der Waals surface area contributed by atoms with E-state index in [-0.39, 0.29) is 16.5 Å². The first-order chi connectivity index (χ1) is 11.2. The van der Waals surface area contributed by atoms with Crippen molar-refractivity contribution in [2.45, 2.75) is 25.9 Å². The zero-order valence-electron chi connectivity index (χ0n) is 12.5. The van der Waals surface area contributed by atoms with Crippen molar-refractivity contribution >= 4 is 34.0 Å². The minimum Gasteiger partial charge on any atom is -0.467 e. The van der Waals surface area contributed by atoms with E-state index in [4.69, 9.17) is 11.6 Å². The average molecular weight is 381 g/mol. The van der Waals surface area contributed by atoms with E-state index in [0.717, 1.165) is 11.2 Å². The summed E-state index contributed by atoms with van der Waals surface area (Å²) in [5, 5.41) is 11.1. The molecule has 0 fully saturated rings. The highest BCUT2D eigenvalue weighted by molar-refractivity contribution is 7.15. The lowest BCUT2D eigenvalue weighted by atomic mass is 10.2. The van der Waals surface area contributed by atoms with Crippen LogP contribution < -0.4 is 10.1 Å². The highest BCUT2D eigenvalue weighted by Gasteiger charge is 2.29. The normalized spacial score (nSPS) is 11.6. The zero-order valence-corrected chi connectivity index (χ0v) is 14.1. The van der Waals surface area contributed by atoms with E-state index in [9.17, 15) is 18.0 Å². The van der Waals surface area contributed by atoms with Gasteiger partial charge in [-0.3, -0.25) is 10.1 Å². The van der Waals surface area contributed by atoms with Gasteiger partial charge in [0.05, 0.1) is 5.56 Å². The Labute approximate surface area is 144 Å². The Morgan fingerprint density at radius 1 is 1.42 bits per heavy atom. The molecule has 0 unspecified atom stereocenters. The van der Waals surface area contributed by atoms with Gasteiger partial charge in [-0.25, -0.2) is 4.98 Å². The molecular weight excluding hydrogens is 369 g/mol. The number of amides is 1. The second-order valence-electron chi connectivity index (χ2n) is 4.97. The summed E-state index contributed by atoms with van der Waals surface area (Å²) in [6, 6.07) is 1.17. The van der Waals surface area contributed by atoms with Gasteiger partial charge in [-0.05, 0) is 6.07 Å². The molecule has 1 N–H and O–H groups in total. The lowest BCUT2D eigenvalue weighted by molar-refractivity contribution is -0.154. The standard InChI is InChI=1S/C13H12ClF3N4O2S/c1-6(2)11-20-21-12(24-11)19-9(22)7-3-8(14)10(18-4-7)23-5-13(15,16)17/h3-4,6H,5H2,1-2H3,(H,19,21,22). The number of nitrogens with zero attached hydrogens (tertiary/aromatic N) is 3. The molecule has 0 aromatic carbocycles. The van der Waals surface area contributed by atoms with Crippen LogP contribution in [0.3, 0.4) is 0 Å². The SMILES string of the molecule is CC(C)c1nnc(NC(=O)c2cnc(OCC(F)(F)F)c(Cl)c2)s1. The number of alkyl halides is 3. The zero-order chi connectivity index (χ0) is 17.9. The molecule has 2 aromatic rings. The largest absolute Gasteiger partial charge is 0.467 e. The van der Waals surface area contributed by atoms with Gasteiger partial charge in [0, 0.05) is 12.1 Å². The van der Waals surface area contributed by atoms with Crippen LogP contribution in [0.15, 0.2) is 12.3 Å². The van der Waals surface area contributed by atoms with Gasteiger partial charge in [0.25, 0.3) is 5.91 Å². The fourth-order valence-electron chi connectivity index (χ4n) is 1.49. The van der Waals surface area contributed by atoms with E-state index in [1.54, 1.807) is 0 Å². The molecule has 0 bridgehead atoms. The van der Waals surface area contributed by atoms with Crippen LogP contribution in [-0.2, 0) is 0 Å². The number of aromatic nitrogens is 3. The second-order valence-corrected chi connectivity index (χ2v) is 6.39. The van der Waals surface area contributed by atoms with Gasteiger partial charge >= 0.3 is 6.18 Å². The summed E-state index contributed by atoms with van der Waals surface area (Å²) in [4.78, 5) is 15.7. The fourth-order valence-corrected chi connectivity index (χ4v) is 2.46. The third-order valence-corrected chi connectivity index (χ3v) is 4.01. The highest BCUT2D eigenvalue weighted by Crippen LogP contribution is 2.26. The summed E-state index contributed by atoms with van der Waals surface area (Å²) in [5.74, 6) is -0.781. The van der Waals surface area contributed by atoms with Crippen molar-refractivity contribution in [3.8, 4) is 5.88 Å². The Bertz CT molecular complexity index is 736. The van der Waals surface area contributed by atoms with Crippen LogP contribution in [0.2, 0.25) is 5.02 Å². The van der Waals surface area contributed by atoms with Crippen molar-refractivity contribution in [1.29, 1.82) is 0 Å². The number of hydrogen-bond donors (Lipinski definition) is 1. The smallest absolute Gasteiger partial charge is 0.422 e. The molecule has 11 heteroatoms. The summed E-state index contributed by atoms with van der Waals surface area (Å²) in [7, 11) is 0. The number of carbonyl (C=O) groups is 1. The molecule has 0 aliphatic carbocycles. The number of pyridine rings is 1. The van der Waals surface area contributed by atoms with Gasteiger partial charge in [0.1, 0.15) is 10.0 Å². The predicted molar refractivity (Wildman–Crippen MR) is 82.7 cm³/mol. The van der Waals surface area contributed by atoms with Crippen LogP contribution in [0.5, 0.6) is 5.88 Å². The van der Waals surface area contributed by atoms with Gasteiger partial charge in [-0.1, -0.05) is 36.8 Å². The Morgan fingerprint density at radius 3 is 2.67 bits per heavy atom. The lowest BCUT2D eigenvalue weighted by Crippen LogP contribution is -2.20. The monoisotopic (exact) mass is 380 g/mol. The van der Waals surface area contributed by atoms with Crippen LogP contribution >= 0.6 is 22.9 Å². The van der Waals surface area contributed by atoms with Gasteiger partial charge in [0.2, 0.25) is 11.0 Å². The molecule has 0 radical (unpaired) electrons. The van der Waals surface area contributed by atoms with Crippen molar-refractivity contribution in [3.63, 3.8) is 0 Å². The molecule has 1 amide bonds. The summed E-state index contributed by atoms with van der Waals surface area (Å²) in [6.07, 6.45) is -3.44. The number of anilines is 1. The number of carbonyl (C=O) groups excluding carboxylic acids is 1. The number of halogens is 4. The molecule has 24 heavy (non-hydrogen) atoms. The summed E-state index contributed by atoms with van der Waals surface area (Å²) < 4.78 is 40.8. The van der Waals surface area contributed by atoms with E-state index in [2.05, 4.69) is 25.2 Å². The van der Waals surface area contributed by atoms with Gasteiger partial charge in [-0.15, -0.1) is 10.2 Å². The quantitative estimate of drug-likeness (QED) is 0.851. The first-order valence-electron chi connectivity index (χ1n) is 6.65. The van der Waals surface area contributed by atoms with Crippen molar-refractivity contribution in [1.82, 2.24) is 15.2 Å². The van der Waals surface area contributed by atoms with E-state index in [1.165, 1.54) is 17.4 Å². The maximum atomic E-state index is 12.1. The molecule has 2 aromatic heterocycles. The van der Waals surface area contributed by atoms with E-state index in [0.29, 0.717) is 5.13 Å². The third kappa shape index (κ3) is 5.03. The maximum absolute atomic E-state index is 12.1. The van der Waals surface area contributed by atoms with Gasteiger partial charge < -0.3 is 4.74 Å². The molecular formula is C13H12ClF3N4O2S. The molecule has 2 rings (SSSR count). The van der Waals surface area contributed by atoms with Crippen molar-refractivity contribution in [2.75, 3.05) is 11.9 Å². The number of hydrogen-bond acceptors (Lipinski definition) is 6. The van der Waals surface area contributed by atoms with Crippen LogP contribution in [-0.4, -0.2) is 33.9 Å². The summed E-state index contributed by atoms with van der Waals surface area (Å²) in [5.41, 5.74) is 0.0562. The van der Waals surface area contributed by atoms with E-state index >= 15 is 0 Å². The highest BCUT2D eigenvalue weighted by atomic mass is 35.5. The average Bonchev–Trinajstić information content (AvgIpc) is 2.93. The minimum atomic E-state index is -4.51. The number of rotatable bonds is 5. The first kappa shape index (κ1) is 18.4. The van der Waals surface area contributed by atoms with Crippen LogP contribution in [0, 0.1) is 0 Å². The Morgan fingerprint density at radius 2 is 2.12 bits per heavy atom. The molecule has 0 spiro atoms. The van der Waals surface area contributed by atoms with Crippen molar-refractivity contribution < 1.29 is 22.7 Å². The topological polar surface area (TPSA) is 77.0 Å². The molecule has 0 aliphatic rings. The summed E-state index contributed by atoms with van der Waals surface area (Å²) >= 11 is 7.02. The fraction of sp³-hybridized carbons (Fsp3) is 0.385. The third-order valence-electron chi connectivity index (χ3n) is 2.60. The maximum Gasteiger partial charge on any atom is 0.422 e. The Hall–Kier alpha value is -1.94. The molecule has 6 nitrogen and oxygen atoms in total. The first-order valence-corrected chi connectivity index (χ1v) is 7.85. The number of nitrogens with one attached hydrogen (secondary N) is 1. The van der Waals surface area contributed by atoms with E-state index in [1.807, 2.05) is 13.8 Å². The van der Waals surface area contributed by atoms with Crippen molar-refractivity contribution in [3.05, 3.63) is 27.9 Å². The van der Waals surface area contributed by atoms with Crippen LogP contribution in [0.1, 0.15) is 35.1 Å². The number of ether oxygens (including phenoxy) is 1. The molecule has 130 valence electrons. The predicted octanol–water partition coefficient (Wildman–Crippen LogP) is 3.90. The molecule has 2 heterocycles. The summed E-state index contributed by atoms with van der Waals surface area (Å²) in [6.45, 7) is 2.36. The molecule has 0 aliphatic heterocycles. The Kier molecular flexibility index (Phi) is 5.60. The second kappa shape index (κ2) is 7.31. The van der Waals surface area contributed by atoms with E-state index < -0.39 is 24.6 Å². The van der Waals surface area contributed by atoms with Gasteiger partial charge in [0.15, 0.2) is 6.61 Å². The van der Waals surface area contributed by atoms with Gasteiger partial charge in [-0.2, -0.15) is 13.2 Å². The Balaban J connectivity index is 2.05. The lowest BCUT2D eigenvalue weighted by Gasteiger charge is -2.10. The molecule has 0 saturated carbocycles. The molecule has 0 atom stereocenters. The van der Waals surface area contributed by atoms with Crippen molar-refractivity contribution in [2.24, 2.45) is 0 Å². The van der Waals surface area contributed by atoms with Crippen LogP contribution in [0.4, 0.5) is 18.3 Å².